The van der Waals surface area contributed by atoms with Crippen LogP contribution < -0.4 is 0 Å². The Hall–Kier alpha value is -0.910. The lowest BCUT2D eigenvalue weighted by atomic mass is 9.94. The van der Waals surface area contributed by atoms with Crippen molar-refractivity contribution in [2.45, 2.75) is 25.3 Å². The third-order valence-corrected chi connectivity index (χ3v) is 4.55. The molecule has 1 aromatic rings. The van der Waals surface area contributed by atoms with Crippen molar-refractivity contribution in [1.29, 1.82) is 0 Å². The average Bonchev–Trinajstić information content (AvgIpc) is 2.82. The predicted octanol–water partition coefficient (Wildman–Crippen LogP) is 1.39. The third-order valence-electron chi connectivity index (χ3n) is 4.55. The molecule has 0 bridgehead atoms. The Bertz CT molecular complexity index is 440. The molecule has 1 aromatic heterocycles. The highest BCUT2D eigenvalue weighted by atomic mass is 16.5. The summed E-state index contributed by atoms with van der Waals surface area (Å²) in [7, 11) is 3.82. The van der Waals surface area contributed by atoms with E-state index in [4.69, 9.17) is 9.47 Å². The van der Waals surface area contributed by atoms with E-state index in [9.17, 15) is 0 Å². The molecule has 20 heavy (non-hydrogen) atoms. The van der Waals surface area contributed by atoms with Crippen molar-refractivity contribution in [3.05, 3.63) is 17.5 Å². The molecule has 1 atom stereocenters. The van der Waals surface area contributed by atoms with E-state index in [0.717, 1.165) is 38.8 Å². The average molecular weight is 279 g/mol. The summed E-state index contributed by atoms with van der Waals surface area (Å²) in [6.45, 7) is 5.92. The Morgan fingerprint density at radius 2 is 2.20 bits per heavy atom. The van der Waals surface area contributed by atoms with Crippen LogP contribution in [0.15, 0.2) is 6.20 Å². The molecule has 0 aromatic carbocycles. The molecule has 0 saturated carbocycles. The van der Waals surface area contributed by atoms with Crippen molar-refractivity contribution < 1.29 is 9.47 Å². The van der Waals surface area contributed by atoms with Crippen molar-refractivity contribution in [3.8, 4) is 0 Å². The summed E-state index contributed by atoms with van der Waals surface area (Å²) in [6.07, 6.45) is 4.42. The van der Waals surface area contributed by atoms with Gasteiger partial charge in [-0.15, -0.1) is 0 Å². The van der Waals surface area contributed by atoms with E-state index < -0.39 is 0 Å². The van der Waals surface area contributed by atoms with Crippen LogP contribution in [-0.2, 0) is 23.1 Å². The van der Waals surface area contributed by atoms with E-state index in [-0.39, 0.29) is 0 Å². The maximum atomic E-state index is 5.46. The number of rotatable bonds is 4. The van der Waals surface area contributed by atoms with Gasteiger partial charge in [0.2, 0.25) is 0 Å². The zero-order valence-electron chi connectivity index (χ0n) is 12.5. The summed E-state index contributed by atoms with van der Waals surface area (Å²) >= 11 is 0. The smallest absolute Gasteiger partial charge is 0.0558 e. The van der Waals surface area contributed by atoms with E-state index in [1.165, 1.54) is 30.6 Å². The van der Waals surface area contributed by atoms with Crippen LogP contribution >= 0.6 is 0 Å². The number of ether oxygens (including phenoxy) is 2. The van der Waals surface area contributed by atoms with Gasteiger partial charge in [-0.25, -0.2) is 0 Å². The summed E-state index contributed by atoms with van der Waals surface area (Å²) in [4.78, 5) is 2.57. The molecule has 0 spiro atoms. The molecule has 2 aliphatic heterocycles. The maximum Gasteiger partial charge on any atom is 0.0558 e. The summed E-state index contributed by atoms with van der Waals surface area (Å²) in [5.41, 5.74) is 2.72. The van der Waals surface area contributed by atoms with E-state index in [2.05, 4.69) is 10.00 Å². The first-order valence-corrected chi connectivity index (χ1v) is 7.57. The van der Waals surface area contributed by atoms with Gasteiger partial charge in [0, 0.05) is 64.2 Å². The highest BCUT2D eigenvalue weighted by Crippen LogP contribution is 2.29. The Balaban J connectivity index is 1.69. The Morgan fingerprint density at radius 1 is 1.40 bits per heavy atom. The molecule has 0 unspecified atom stereocenters. The molecule has 112 valence electrons. The van der Waals surface area contributed by atoms with E-state index in [1.54, 1.807) is 7.11 Å². The van der Waals surface area contributed by atoms with E-state index in [0.29, 0.717) is 5.92 Å². The standard InChI is InChI=1S/C15H25N3O2/c1-17-15-13(7-16-17)9-18(10-14(15)11-19-2)8-12-3-5-20-6-4-12/h7,12,14H,3-6,8-11H2,1-2H3/t14-/m0/s1. The van der Waals surface area contributed by atoms with Gasteiger partial charge in [-0.2, -0.15) is 5.10 Å². The van der Waals surface area contributed by atoms with Gasteiger partial charge in [-0.3, -0.25) is 9.58 Å². The summed E-state index contributed by atoms with van der Waals surface area (Å²) in [5, 5.41) is 4.43. The molecule has 5 heteroatoms. The second-order valence-corrected chi connectivity index (χ2v) is 6.08. The minimum atomic E-state index is 0.441. The molecule has 0 aliphatic carbocycles. The molecule has 5 nitrogen and oxygen atoms in total. The molecule has 3 rings (SSSR count). The molecule has 1 fully saturated rings. The molecular formula is C15H25N3O2. The Kier molecular flexibility index (Phi) is 4.38. The van der Waals surface area contributed by atoms with Crippen LogP contribution in [-0.4, -0.2) is 54.7 Å². The summed E-state index contributed by atoms with van der Waals surface area (Å²) in [5.74, 6) is 1.22. The van der Waals surface area contributed by atoms with Crippen LogP contribution in [0.2, 0.25) is 0 Å². The first kappa shape index (κ1) is 14.0. The molecule has 0 radical (unpaired) electrons. The van der Waals surface area contributed by atoms with Gasteiger partial charge in [0.1, 0.15) is 0 Å². The third kappa shape index (κ3) is 2.90. The minimum absolute atomic E-state index is 0.441. The lowest BCUT2D eigenvalue weighted by Crippen LogP contribution is -2.39. The van der Waals surface area contributed by atoms with Crippen LogP contribution in [0, 0.1) is 5.92 Å². The van der Waals surface area contributed by atoms with Gasteiger partial charge in [-0.05, 0) is 18.8 Å². The van der Waals surface area contributed by atoms with Gasteiger partial charge in [0.05, 0.1) is 12.8 Å². The monoisotopic (exact) mass is 279 g/mol. The predicted molar refractivity (Wildman–Crippen MR) is 76.6 cm³/mol. The van der Waals surface area contributed by atoms with E-state index >= 15 is 0 Å². The van der Waals surface area contributed by atoms with Crippen molar-refractivity contribution in [3.63, 3.8) is 0 Å². The normalized spacial score (nSPS) is 24.8. The topological polar surface area (TPSA) is 39.5 Å². The number of nitrogens with zero attached hydrogens (tertiary/aromatic N) is 3. The highest BCUT2D eigenvalue weighted by molar-refractivity contribution is 5.25. The lowest BCUT2D eigenvalue weighted by Gasteiger charge is -2.36. The summed E-state index contributed by atoms with van der Waals surface area (Å²) < 4.78 is 12.9. The lowest BCUT2D eigenvalue weighted by molar-refractivity contribution is 0.0459. The van der Waals surface area contributed by atoms with Crippen molar-refractivity contribution >= 4 is 0 Å². The van der Waals surface area contributed by atoms with Gasteiger partial charge in [0.25, 0.3) is 0 Å². The fourth-order valence-corrected chi connectivity index (χ4v) is 3.61. The summed E-state index contributed by atoms with van der Waals surface area (Å²) in [6, 6.07) is 0. The van der Waals surface area contributed by atoms with Gasteiger partial charge < -0.3 is 9.47 Å². The first-order valence-electron chi connectivity index (χ1n) is 7.57. The molecule has 3 heterocycles. The fourth-order valence-electron chi connectivity index (χ4n) is 3.61. The number of hydrogen-bond donors (Lipinski definition) is 0. The van der Waals surface area contributed by atoms with Crippen LogP contribution in [0.1, 0.15) is 30.0 Å². The van der Waals surface area contributed by atoms with Gasteiger partial charge >= 0.3 is 0 Å². The number of aromatic nitrogens is 2. The van der Waals surface area contributed by atoms with Crippen molar-refractivity contribution in [1.82, 2.24) is 14.7 Å². The fraction of sp³-hybridized carbons (Fsp3) is 0.800. The van der Waals surface area contributed by atoms with Crippen LogP contribution in [0.5, 0.6) is 0 Å². The molecule has 0 amide bonds. The number of aryl methyl sites for hydroxylation is 1. The molecular weight excluding hydrogens is 254 g/mol. The Morgan fingerprint density at radius 3 is 2.95 bits per heavy atom. The quantitative estimate of drug-likeness (QED) is 0.835. The van der Waals surface area contributed by atoms with Crippen LogP contribution in [0.3, 0.4) is 0 Å². The SMILES string of the molecule is COC[C@@H]1CN(CC2CCOCC2)Cc2cnn(C)c21. The number of hydrogen-bond acceptors (Lipinski definition) is 4. The van der Waals surface area contributed by atoms with Crippen LogP contribution in [0.25, 0.3) is 0 Å². The largest absolute Gasteiger partial charge is 0.384 e. The molecule has 0 N–H and O–H groups in total. The maximum absolute atomic E-state index is 5.46. The number of methoxy groups -OCH3 is 1. The Labute approximate surface area is 120 Å². The first-order chi connectivity index (χ1) is 9.78. The molecule has 1 saturated heterocycles. The second-order valence-electron chi connectivity index (χ2n) is 6.08. The van der Waals surface area contributed by atoms with Crippen LogP contribution in [0.4, 0.5) is 0 Å². The van der Waals surface area contributed by atoms with E-state index in [1.807, 2.05) is 17.9 Å². The molecule has 2 aliphatic rings. The van der Waals surface area contributed by atoms with Gasteiger partial charge in [0.15, 0.2) is 0 Å². The highest BCUT2D eigenvalue weighted by Gasteiger charge is 2.30. The number of fused-ring (bicyclic) bond motifs is 1. The zero-order valence-corrected chi connectivity index (χ0v) is 12.5. The second kappa shape index (κ2) is 6.24. The van der Waals surface area contributed by atoms with Gasteiger partial charge in [-0.1, -0.05) is 0 Å². The minimum Gasteiger partial charge on any atom is -0.384 e. The zero-order chi connectivity index (χ0) is 13.9. The van der Waals surface area contributed by atoms with Crippen molar-refractivity contribution in [2.24, 2.45) is 13.0 Å². The van der Waals surface area contributed by atoms with Crippen molar-refractivity contribution in [2.75, 3.05) is 40.0 Å².